The van der Waals surface area contributed by atoms with Crippen LogP contribution in [0, 0.1) is 13.8 Å². The smallest absolute Gasteiger partial charge is 0.255 e. The number of nitrogens with one attached hydrogen (secondary N) is 2. The van der Waals surface area contributed by atoms with Gasteiger partial charge in [-0.05, 0) is 45.2 Å². The number of nitrogens with zero attached hydrogens (tertiary/aromatic N) is 3. The van der Waals surface area contributed by atoms with E-state index in [1.807, 2.05) is 30.5 Å². The van der Waals surface area contributed by atoms with E-state index in [9.17, 15) is 9.59 Å². The number of rotatable bonds is 3. The molecule has 2 atom stereocenters. The molecular formula is C19H25N5O2. The summed E-state index contributed by atoms with van der Waals surface area (Å²) in [6, 6.07) is 3.90. The quantitative estimate of drug-likeness (QED) is 0.862. The highest BCUT2D eigenvalue weighted by Crippen LogP contribution is 2.26. The maximum atomic E-state index is 12.9. The first kappa shape index (κ1) is 17.0. The van der Waals surface area contributed by atoms with E-state index in [1.165, 1.54) is 0 Å². The summed E-state index contributed by atoms with van der Waals surface area (Å²) in [6.07, 6.45) is 3.31. The fraction of sp³-hybridized carbons (Fsp3) is 0.526. The van der Waals surface area contributed by atoms with Crippen molar-refractivity contribution in [1.82, 2.24) is 25.1 Å². The van der Waals surface area contributed by atoms with E-state index in [4.69, 9.17) is 0 Å². The Kier molecular flexibility index (Phi) is 3.99. The maximum Gasteiger partial charge on any atom is 0.255 e. The van der Waals surface area contributed by atoms with Gasteiger partial charge in [-0.25, -0.2) is 4.52 Å². The molecule has 2 aliphatic heterocycles. The van der Waals surface area contributed by atoms with Gasteiger partial charge in [0, 0.05) is 25.3 Å². The van der Waals surface area contributed by atoms with Crippen LogP contribution in [0.2, 0.25) is 0 Å². The summed E-state index contributed by atoms with van der Waals surface area (Å²) in [7, 11) is 0. The van der Waals surface area contributed by atoms with Crippen LogP contribution in [0.3, 0.4) is 0 Å². The van der Waals surface area contributed by atoms with Crippen LogP contribution in [0.1, 0.15) is 41.4 Å². The van der Waals surface area contributed by atoms with Crippen molar-refractivity contribution in [3.8, 4) is 0 Å². The van der Waals surface area contributed by atoms with E-state index >= 15 is 0 Å². The topological polar surface area (TPSA) is 78.7 Å². The number of pyridine rings is 1. The van der Waals surface area contributed by atoms with Gasteiger partial charge in [0.2, 0.25) is 5.91 Å². The number of hydrogen-bond acceptors (Lipinski definition) is 4. The van der Waals surface area contributed by atoms with Gasteiger partial charge in [0.25, 0.3) is 5.91 Å². The Labute approximate surface area is 152 Å². The van der Waals surface area contributed by atoms with Gasteiger partial charge in [-0.1, -0.05) is 6.07 Å². The van der Waals surface area contributed by atoms with Crippen LogP contribution in [0.15, 0.2) is 18.3 Å². The molecule has 2 N–H and O–H groups in total. The van der Waals surface area contributed by atoms with Crippen LogP contribution in [0.25, 0.3) is 5.52 Å². The molecule has 4 rings (SSSR count). The van der Waals surface area contributed by atoms with E-state index in [0.717, 1.165) is 42.7 Å². The lowest BCUT2D eigenvalue weighted by molar-refractivity contribution is -0.123. The number of likely N-dealkylation sites (tertiary alicyclic amines) is 1. The van der Waals surface area contributed by atoms with Gasteiger partial charge >= 0.3 is 0 Å². The summed E-state index contributed by atoms with van der Waals surface area (Å²) in [6.45, 7) is 8.34. The zero-order chi connectivity index (χ0) is 18.5. The lowest BCUT2D eigenvalue weighted by atomic mass is 10.0. The number of hydrogen-bond donors (Lipinski definition) is 2. The third-order valence-corrected chi connectivity index (χ3v) is 5.81. The molecule has 0 spiro atoms. The van der Waals surface area contributed by atoms with Gasteiger partial charge in [-0.3, -0.25) is 14.5 Å². The van der Waals surface area contributed by atoms with Crippen molar-refractivity contribution in [2.45, 2.75) is 45.2 Å². The van der Waals surface area contributed by atoms with E-state index in [-0.39, 0.29) is 23.4 Å². The number of amides is 2. The minimum absolute atomic E-state index is 0.0590. The summed E-state index contributed by atoms with van der Waals surface area (Å²) < 4.78 is 1.82. The lowest BCUT2D eigenvalue weighted by Crippen LogP contribution is -2.49. The molecule has 2 aromatic rings. The third-order valence-electron chi connectivity index (χ3n) is 5.81. The van der Waals surface area contributed by atoms with Crippen molar-refractivity contribution in [1.29, 1.82) is 0 Å². The van der Waals surface area contributed by atoms with Crippen LogP contribution in [0.5, 0.6) is 0 Å². The number of fused-ring (bicyclic) bond motifs is 1. The monoisotopic (exact) mass is 355 g/mol. The molecule has 0 bridgehead atoms. The molecule has 2 fully saturated rings. The Hall–Kier alpha value is -2.41. The van der Waals surface area contributed by atoms with Crippen molar-refractivity contribution in [2.75, 3.05) is 19.6 Å². The summed E-state index contributed by atoms with van der Waals surface area (Å²) in [5.41, 5.74) is 3.24. The van der Waals surface area contributed by atoms with Crippen molar-refractivity contribution >= 4 is 17.3 Å². The standard InChI is InChI=1S/C19H25N5O2/c1-12-4-5-15-14(10-21-24(15)13(12)2)17(25)22-19(3)7-9-23(11-19)16-6-8-20-18(16)26/h4-5,10,16H,6-9,11H2,1-3H3,(H,20,26)(H,22,25). The molecule has 0 aromatic carbocycles. The molecule has 0 aliphatic carbocycles. The number of carbonyl (C=O) groups excluding carboxylic acids is 2. The minimum atomic E-state index is -0.339. The van der Waals surface area contributed by atoms with Crippen LogP contribution in [-0.2, 0) is 4.79 Å². The summed E-state index contributed by atoms with van der Waals surface area (Å²) in [4.78, 5) is 27.0. The third kappa shape index (κ3) is 2.76. The summed E-state index contributed by atoms with van der Waals surface area (Å²) in [5, 5.41) is 10.5. The van der Waals surface area contributed by atoms with Crippen LogP contribution in [-0.4, -0.2) is 57.5 Å². The SMILES string of the molecule is Cc1ccc2c(C(=O)NC3(C)CCN(C4CCNC4=O)C3)cnn2c1C. The predicted octanol–water partition coefficient (Wildman–Crippen LogP) is 1.03. The minimum Gasteiger partial charge on any atom is -0.355 e. The van der Waals surface area contributed by atoms with Crippen molar-refractivity contribution in [3.63, 3.8) is 0 Å². The van der Waals surface area contributed by atoms with E-state index in [0.29, 0.717) is 12.1 Å². The Bertz CT molecular complexity index is 889. The second kappa shape index (κ2) is 6.09. The van der Waals surface area contributed by atoms with E-state index in [1.54, 1.807) is 6.20 Å². The number of aromatic nitrogens is 2. The highest BCUT2D eigenvalue weighted by atomic mass is 16.2. The largest absolute Gasteiger partial charge is 0.355 e. The normalized spacial score (nSPS) is 26.4. The van der Waals surface area contributed by atoms with E-state index < -0.39 is 0 Å². The molecule has 0 radical (unpaired) electrons. The molecule has 7 nitrogen and oxygen atoms in total. The van der Waals surface area contributed by atoms with Gasteiger partial charge < -0.3 is 10.6 Å². The molecule has 4 heterocycles. The maximum absolute atomic E-state index is 12.9. The Morgan fingerprint density at radius 2 is 2.19 bits per heavy atom. The second-order valence-electron chi connectivity index (χ2n) is 7.79. The molecular weight excluding hydrogens is 330 g/mol. The first-order valence-electron chi connectivity index (χ1n) is 9.16. The summed E-state index contributed by atoms with van der Waals surface area (Å²) in [5.74, 6) is -0.00229. The van der Waals surface area contributed by atoms with Crippen molar-refractivity contribution in [3.05, 3.63) is 35.2 Å². The number of aryl methyl sites for hydroxylation is 2. The van der Waals surface area contributed by atoms with Gasteiger partial charge in [-0.15, -0.1) is 0 Å². The van der Waals surface area contributed by atoms with Gasteiger partial charge in [0.1, 0.15) is 0 Å². The first-order valence-corrected chi connectivity index (χ1v) is 9.16. The average Bonchev–Trinajstić information content (AvgIpc) is 3.29. The molecule has 2 unspecified atom stereocenters. The molecule has 7 heteroatoms. The van der Waals surface area contributed by atoms with Crippen molar-refractivity contribution in [2.24, 2.45) is 0 Å². The Morgan fingerprint density at radius 3 is 2.92 bits per heavy atom. The first-order chi connectivity index (χ1) is 12.4. The van der Waals surface area contributed by atoms with Crippen LogP contribution < -0.4 is 10.6 Å². The van der Waals surface area contributed by atoms with E-state index in [2.05, 4.69) is 27.6 Å². The molecule has 0 saturated carbocycles. The second-order valence-corrected chi connectivity index (χ2v) is 7.79. The van der Waals surface area contributed by atoms with Gasteiger partial charge in [0.15, 0.2) is 0 Å². The number of carbonyl (C=O) groups is 2. The Balaban J connectivity index is 1.51. The molecule has 2 saturated heterocycles. The zero-order valence-corrected chi connectivity index (χ0v) is 15.5. The molecule has 26 heavy (non-hydrogen) atoms. The summed E-state index contributed by atoms with van der Waals surface area (Å²) >= 11 is 0. The molecule has 138 valence electrons. The molecule has 2 aliphatic rings. The van der Waals surface area contributed by atoms with Gasteiger partial charge in [0.05, 0.1) is 28.9 Å². The Morgan fingerprint density at radius 1 is 1.38 bits per heavy atom. The highest BCUT2D eigenvalue weighted by Gasteiger charge is 2.41. The highest BCUT2D eigenvalue weighted by molar-refractivity contribution is 6.01. The van der Waals surface area contributed by atoms with Gasteiger partial charge in [-0.2, -0.15) is 5.10 Å². The molecule has 2 aromatic heterocycles. The molecule has 2 amide bonds. The van der Waals surface area contributed by atoms with Crippen LogP contribution >= 0.6 is 0 Å². The predicted molar refractivity (Wildman–Crippen MR) is 98.1 cm³/mol. The zero-order valence-electron chi connectivity index (χ0n) is 15.5. The fourth-order valence-electron chi connectivity index (χ4n) is 4.09. The lowest BCUT2D eigenvalue weighted by Gasteiger charge is -2.27. The fourth-order valence-corrected chi connectivity index (χ4v) is 4.09. The van der Waals surface area contributed by atoms with Crippen LogP contribution in [0.4, 0.5) is 0 Å². The average molecular weight is 355 g/mol. The van der Waals surface area contributed by atoms with Crippen molar-refractivity contribution < 1.29 is 9.59 Å².